The van der Waals surface area contributed by atoms with E-state index < -0.39 is 31.1 Å². The van der Waals surface area contributed by atoms with Crippen LogP contribution >= 0.6 is 0 Å². The number of esters is 1. The molecule has 1 amide bonds. The van der Waals surface area contributed by atoms with Crippen molar-refractivity contribution in [2.24, 2.45) is 0 Å². The molecule has 0 spiro atoms. The first-order chi connectivity index (χ1) is 10.3. The van der Waals surface area contributed by atoms with Crippen LogP contribution in [0.4, 0.5) is 8.78 Å². The van der Waals surface area contributed by atoms with Gasteiger partial charge in [-0.3, -0.25) is 14.4 Å². The number of carbonyl (C=O) groups is 3. The van der Waals surface area contributed by atoms with Crippen LogP contribution in [0.2, 0.25) is 0 Å². The molecule has 0 saturated heterocycles. The van der Waals surface area contributed by atoms with Crippen molar-refractivity contribution < 1.29 is 32.6 Å². The monoisotopic (exact) mass is 315 g/mol. The molecule has 0 bridgehead atoms. The zero-order chi connectivity index (χ0) is 16.7. The van der Waals surface area contributed by atoms with Crippen molar-refractivity contribution in [3.05, 3.63) is 29.8 Å². The quantitative estimate of drug-likeness (QED) is 0.772. The normalized spacial score (nSPS) is 11.7. The fraction of sp³-hybridized carbons (Fsp3) is 0.357. The van der Waals surface area contributed by atoms with Crippen LogP contribution in [0, 0.1) is 0 Å². The molecule has 22 heavy (non-hydrogen) atoms. The van der Waals surface area contributed by atoms with Crippen LogP contribution in [-0.4, -0.2) is 36.9 Å². The van der Waals surface area contributed by atoms with Gasteiger partial charge in [-0.05, 0) is 32.0 Å². The molecule has 6 nitrogen and oxygen atoms in total. The van der Waals surface area contributed by atoms with E-state index in [0.29, 0.717) is 0 Å². The summed E-state index contributed by atoms with van der Waals surface area (Å²) in [6, 6.07) is 5.12. The number of halogens is 2. The second kappa shape index (κ2) is 8.06. The molecule has 0 aromatic heterocycles. The van der Waals surface area contributed by atoms with Crippen LogP contribution in [0.25, 0.3) is 0 Å². The van der Waals surface area contributed by atoms with Gasteiger partial charge in [0.25, 0.3) is 5.91 Å². The second-order valence-corrected chi connectivity index (χ2v) is 4.33. The highest BCUT2D eigenvalue weighted by Gasteiger charge is 2.15. The Morgan fingerprint density at radius 1 is 1.27 bits per heavy atom. The molecule has 1 unspecified atom stereocenters. The zero-order valence-electron chi connectivity index (χ0n) is 12.0. The lowest BCUT2D eigenvalue weighted by molar-refractivity contribution is -0.152. The Morgan fingerprint density at radius 2 is 1.95 bits per heavy atom. The predicted octanol–water partition coefficient (Wildman–Crippen LogP) is 1.54. The van der Waals surface area contributed by atoms with Gasteiger partial charge in [0.2, 0.25) is 0 Å². The van der Waals surface area contributed by atoms with Crippen LogP contribution in [0.3, 0.4) is 0 Å². The van der Waals surface area contributed by atoms with Crippen LogP contribution in [0.5, 0.6) is 5.75 Å². The molecule has 1 aromatic rings. The van der Waals surface area contributed by atoms with Crippen molar-refractivity contribution in [1.82, 2.24) is 5.32 Å². The van der Waals surface area contributed by atoms with E-state index in [-0.39, 0.29) is 17.1 Å². The highest BCUT2D eigenvalue weighted by molar-refractivity contribution is 5.96. The highest BCUT2D eigenvalue weighted by Crippen LogP contribution is 2.15. The topological polar surface area (TPSA) is 81.7 Å². The van der Waals surface area contributed by atoms with Gasteiger partial charge in [-0.25, -0.2) is 0 Å². The van der Waals surface area contributed by atoms with E-state index >= 15 is 0 Å². The van der Waals surface area contributed by atoms with E-state index in [2.05, 4.69) is 10.1 Å². The number of Topliss-reactive ketones (excluding diaryl/α,β-unsaturated/α-hetero) is 1. The number of alkyl halides is 2. The summed E-state index contributed by atoms with van der Waals surface area (Å²) in [5, 5.41) is 2.26. The van der Waals surface area contributed by atoms with Crippen molar-refractivity contribution in [3.63, 3.8) is 0 Å². The Labute approximate surface area is 125 Å². The fourth-order valence-corrected chi connectivity index (χ4v) is 1.39. The van der Waals surface area contributed by atoms with Crippen LogP contribution < -0.4 is 10.1 Å². The molecule has 1 N–H and O–H groups in total. The van der Waals surface area contributed by atoms with Gasteiger partial charge in [0.15, 0.2) is 11.9 Å². The van der Waals surface area contributed by atoms with E-state index in [1.165, 1.54) is 32.0 Å². The molecule has 0 saturated carbocycles. The minimum Gasteiger partial charge on any atom is -0.453 e. The zero-order valence-corrected chi connectivity index (χ0v) is 12.0. The van der Waals surface area contributed by atoms with Gasteiger partial charge in [-0.15, -0.1) is 0 Å². The lowest BCUT2D eigenvalue weighted by atomic mass is 10.2. The Morgan fingerprint density at radius 3 is 2.55 bits per heavy atom. The summed E-state index contributed by atoms with van der Waals surface area (Å²) in [4.78, 5) is 34.1. The Hall–Kier alpha value is -2.51. The number of hydrogen-bond donors (Lipinski definition) is 1. The molecule has 8 heteroatoms. The maximum Gasteiger partial charge on any atom is 0.387 e. The van der Waals surface area contributed by atoms with Gasteiger partial charge in [-0.2, -0.15) is 8.78 Å². The molecule has 0 aliphatic carbocycles. The van der Waals surface area contributed by atoms with Crippen LogP contribution in [0.15, 0.2) is 24.3 Å². The number of rotatable bonds is 7. The molecule has 0 radical (unpaired) electrons. The summed E-state index contributed by atoms with van der Waals surface area (Å²) >= 11 is 0. The SMILES string of the molecule is CC(=O)C(C)OC(=O)CNC(=O)c1cccc(OC(F)F)c1. The molecular weight excluding hydrogens is 300 g/mol. The second-order valence-electron chi connectivity index (χ2n) is 4.33. The van der Waals surface area contributed by atoms with Gasteiger partial charge in [-0.1, -0.05) is 6.07 Å². The highest BCUT2D eigenvalue weighted by atomic mass is 19.3. The van der Waals surface area contributed by atoms with Gasteiger partial charge in [0.1, 0.15) is 12.3 Å². The van der Waals surface area contributed by atoms with Crippen molar-refractivity contribution >= 4 is 17.7 Å². The number of amides is 1. The minimum atomic E-state index is -3.00. The molecule has 0 aliphatic heterocycles. The van der Waals surface area contributed by atoms with Crippen LogP contribution in [0.1, 0.15) is 24.2 Å². The van der Waals surface area contributed by atoms with Crippen molar-refractivity contribution in [2.75, 3.05) is 6.54 Å². The third-order valence-corrected chi connectivity index (χ3v) is 2.60. The van der Waals surface area contributed by atoms with Crippen molar-refractivity contribution in [2.45, 2.75) is 26.6 Å². The van der Waals surface area contributed by atoms with E-state index in [4.69, 9.17) is 4.74 Å². The fourth-order valence-electron chi connectivity index (χ4n) is 1.39. The minimum absolute atomic E-state index is 0.0468. The molecular formula is C14H15F2NO5. The molecule has 1 atom stereocenters. The first-order valence-electron chi connectivity index (χ1n) is 6.32. The lowest BCUT2D eigenvalue weighted by Gasteiger charge is -2.11. The summed E-state index contributed by atoms with van der Waals surface area (Å²) in [5.41, 5.74) is 0.0468. The molecule has 0 heterocycles. The van der Waals surface area contributed by atoms with E-state index in [1.54, 1.807) is 0 Å². The standard InChI is InChI=1S/C14H15F2NO5/c1-8(18)9(2)21-12(19)7-17-13(20)10-4-3-5-11(6-10)22-14(15)16/h3-6,9,14H,7H2,1-2H3,(H,17,20). The van der Waals surface area contributed by atoms with Gasteiger partial charge in [0.05, 0.1) is 0 Å². The molecule has 120 valence electrons. The average Bonchev–Trinajstić information content (AvgIpc) is 2.44. The molecule has 0 fully saturated rings. The Balaban J connectivity index is 2.55. The Kier molecular flexibility index (Phi) is 6.43. The van der Waals surface area contributed by atoms with Crippen molar-refractivity contribution in [1.29, 1.82) is 0 Å². The summed E-state index contributed by atoms with van der Waals surface area (Å²) in [6.45, 7) is -0.768. The molecule has 1 aromatic carbocycles. The number of ether oxygens (including phenoxy) is 2. The summed E-state index contributed by atoms with van der Waals surface area (Å²) in [7, 11) is 0. The third-order valence-electron chi connectivity index (χ3n) is 2.60. The van der Waals surface area contributed by atoms with Crippen LogP contribution in [-0.2, 0) is 14.3 Å². The van der Waals surface area contributed by atoms with Gasteiger partial charge in [0, 0.05) is 5.56 Å². The largest absolute Gasteiger partial charge is 0.453 e. The summed E-state index contributed by atoms with van der Waals surface area (Å²) in [5.74, 6) is -1.94. The number of benzene rings is 1. The molecule has 1 rings (SSSR count). The number of ketones is 1. The maximum absolute atomic E-state index is 12.1. The number of carbonyl (C=O) groups excluding carboxylic acids is 3. The Bertz CT molecular complexity index is 562. The summed E-state index contributed by atoms with van der Waals surface area (Å²) in [6.07, 6.45) is -0.896. The number of hydrogen-bond acceptors (Lipinski definition) is 5. The maximum atomic E-state index is 12.1. The first kappa shape index (κ1) is 17.5. The third kappa shape index (κ3) is 5.86. The smallest absolute Gasteiger partial charge is 0.387 e. The van der Waals surface area contributed by atoms with Gasteiger partial charge >= 0.3 is 12.6 Å². The van der Waals surface area contributed by atoms with Crippen molar-refractivity contribution in [3.8, 4) is 5.75 Å². The first-order valence-corrected chi connectivity index (χ1v) is 6.32. The lowest BCUT2D eigenvalue weighted by Crippen LogP contribution is -2.33. The van der Waals surface area contributed by atoms with E-state index in [0.717, 1.165) is 6.07 Å². The van der Waals surface area contributed by atoms with E-state index in [1.807, 2.05) is 0 Å². The summed E-state index contributed by atoms with van der Waals surface area (Å²) < 4.78 is 33.1. The van der Waals surface area contributed by atoms with Gasteiger partial charge < -0.3 is 14.8 Å². The average molecular weight is 315 g/mol. The molecule has 0 aliphatic rings. The predicted molar refractivity (Wildman–Crippen MR) is 71.6 cm³/mol. The number of nitrogens with one attached hydrogen (secondary N) is 1. The van der Waals surface area contributed by atoms with E-state index in [9.17, 15) is 23.2 Å².